The Bertz CT molecular complexity index is 1730. The summed E-state index contributed by atoms with van der Waals surface area (Å²) in [6, 6.07) is 20.6. The zero-order valence-corrected chi connectivity index (χ0v) is 23.2. The van der Waals surface area contributed by atoms with Crippen LogP contribution in [-0.2, 0) is 11.8 Å². The summed E-state index contributed by atoms with van der Waals surface area (Å²) in [5.41, 5.74) is 2.59. The lowest BCUT2D eigenvalue weighted by Crippen LogP contribution is -2.26. The number of aromatic nitrogens is 5. The molecule has 7 nitrogen and oxygen atoms in total. The molecular weight excluding hydrogens is 553 g/mol. The number of benzene rings is 3. The summed E-state index contributed by atoms with van der Waals surface area (Å²) >= 11 is 0. The van der Waals surface area contributed by atoms with Crippen LogP contribution in [0.15, 0.2) is 85.2 Å². The van der Waals surface area contributed by atoms with Crippen molar-refractivity contribution in [3.05, 3.63) is 108 Å². The molecule has 0 amide bonds. The molecule has 0 spiro atoms. The molecule has 43 heavy (non-hydrogen) atoms. The van der Waals surface area contributed by atoms with Crippen LogP contribution in [0.5, 0.6) is 0 Å². The summed E-state index contributed by atoms with van der Waals surface area (Å²) in [6.07, 6.45) is 5.30. The highest BCUT2D eigenvalue weighted by molar-refractivity contribution is 5.81. The zero-order chi connectivity index (χ0) is 29.6. The average Bonchev–Trinajstić information content (AvgIpc) is 3.51. The van der Waals surface area contributed by atoms with Gasteiger partial charge in [-0.1, -0.05) is 91.6 Å². The van der Waals surface area contributed by atoms with E-state index in [4.69, 9.17) is 4.98 Å². The third-order valence-electron chi connectivity index (χ3n) is 8.49. The molecular formula is C33H29F3N6O. The maximum Gasteiger partial charge on any atom is 0.416 e. The number of hydrogen-bond donors (Lipinski definition) is 2. The van der Waals surface area contributed by atoms with Gasteiger partial charge in [0, 0.05) is 28.9 Å². The molecule has 2 heterocycles. The molecule has 0 bridgehead atoms. The first-order valence-electron chi connectivity index (χ1n) is 14.5. The Balaban J connectivity index is 1.28. The molecule has 2 aromatic heterocycles. The number of hydrogen-bond acceptors (Lipinski definition) is 6. The van der Waals surface area contributed by atoms with E-state index in [1.165, 1.54) is 29.7 Å². The molecule has 0 atom stereocenters. The Kier molecular flexibility index (Phi) is 6.73. The van der Waals surface area contributed by atoms with Crippen LogP contribution >= 0.6 is 0 Å². The van der Waals surface area contributed by atoms with Crippen LogP contribution in [0.25, 0.3) is 28.2 Å². The number of alkyl halides is 3. The first-order chi connectivity index (χ1) is 20.8. The van der Waals surface area contributed by atoms with E-state index in [9.17, 15) is 18.3 Å². The molecule has 1 fully saturated rings. The monoisotopic (exact) mass is 582 g/mol. The molecule has 218 valence electrons. The summed E-state index contributed by atoms with van der Waals surface area (Å²) in [5.74, 6) is 0.748. The van der Waals surface area contributed by atoms with E-state index >= 15 is 0 Å². The third kappa shape index (κ3) is 4.85. The Morgan fingerprint density at radius 3 is 2.07 bits per heavy atom. The van der Waals surface area contributed by atoms with Gasteiger partial charge in [0.25, 0.3) is 5.95 Å². The van der Waals surface area contributed by atoms with Gasteiger partial charge in [-0.2, -0.15) is 22.8 Å². The molecule has 0 aliphatic heterocycles. The van der Waals surface area contributed by atoms with Gasteiger partial charge in [0.2, 0.25) is 0 Å². The van der Waals surface area contributed by atoms with E-state index in [2.05, 4.69) is 20.6 Å². The highest BCUT2D eigenvalue weighted by Gasteiger charge is 2.45. The second-order valence-electron chi connectivity index (χ2n) is 11.2. The lowest BCUT2D eigenvalue weighted by molar-refractivity contribution is -0.137. The minimum atomic E-state index is -4.42. The summed E-state index contributed by atoms with van der Waals surface area (Å²) in [4.78, 5) is 9.33. The minimum absolute atomic E-state index is 0.178. The number of aliphatic hydroxyl groups is 1. The van der Waals surface area contributed by atoms with E-state index in [1.807, 2.05) is 48.5 Å². The topological polar surface area (TPSA) is 88.8 Å². The van der Waals surface area contributed by atoms with Gasteiger partial charge in [-0.15, -0.1) is 5.10 Å². The van der Waals surface area contributed by atoms with Crippen LogP contribution in [0.2, 0.25) is 0 Å². The standard InChI is InChI=1S/C33H29F3N6O/c34-33(35,36)22-17-15-21(16-18-22)26-19-37-31(39-30(26)38-23-9-3-1-2-4-10-23)42-20-29(40-41-42)32(43)27-13-7-5-11-24(27)25-12-6-8-14-28(25)32/h5-8,11-20,23,43H,1-4,9-10H2,(H,37,38,39). The van der Waals surface area contributed by atoms with Crippen molar-refractivity contribution < 1.29 is 18.3 Å². The van der Waals surface area contributed by atoms with Gasteiger partial charge in [0.15, 0.2) is 5.60 Å². The summed E-state index contributed by atoms with van der Waals surface area (Å²) in [5, 5.41) is 24.4. The molecule has 10 heteroatoms. The van der Waals surface area contributed by atoms with Gasteiger partial charge in [0.1, 0.15) is 11.5 Å². The van der Waals surface area contributed by atoms with Crippen molar-refractivity contribution in [2.24, 2.45) is 0 Å². The second-order valence-corrected chi connectivity index (χ2v) is 11.2. The average molecular weight is 583 g/mol. The molecule has 0 saturated heterocycles. The quantitative estimate of drug-likeness (QED) is 0.214. The van der Waals surface area contributed by atoms with E-state index in [0.29, 0.717) is 22.6 Å². The largest absolute Gasteiger partial charge is 0.416 e. The van der Waals surface area contributed by atoms with Crippen LogP contribution in [0.3, 0.4) is 0 Å². The number of halogens is 3. The predicted molar refractivity (Wildman–Crippen MR) is 156 cm³/mol. The molecule has 5 aromatic rings. The van der Waals surface area contributed by atoms with Gasteiger partial charge in [-0.25, -0.2) is 4.98 Å². The summed E-state index contributed by atoms with van der Waals surface area (Å²) in [6.45, 7) is 0. The van der Waals surface area contributed by atoms with Crippen molar-refractivity contribution >= 4 is 5.82 Å². The van der Waals surface area contributed by atoms with Gasteiger partial charge in [-0.3, -0.25) is 0 Å². The number of anilines is 1. The van der Waals surface area contributed by atoms with Gasteiger partial charge >= 0.3 is 6.18 Å². The third-order valence-corrected chi connectivity index (χ3v) is 8.49. The van der Waals surface area contributed by atoms with Crippen LogP contribution < -0.4 is 5.32 Å². The van der Waals surface area contributed by atoms with Crippen molar-refractivity contribution in [2.75, 3.05) is 5.32 Å². The molecule has 0 unspecified atom stereocenters. The Labute approximate surface area is 246 Å². The second kappa shape index (κ2) is 10.6. The fourth-order valence-electron chi connectivity index (χ4n) is 6.28. The molecule has 0 radical (unpaired) electrons. The van der Waals surface area contributed by atoms with Crippen LogP contribution in [0.1, 0.15) is 60.9 Å². The van der Waals surface area contributed by atoms with Crippen molar-refractivity contribution in [3.63, 3.8) is 0 Å². The van der Waals surface area contributed by atoms with Crippen LogP contribution in [0.4, 0.5) is 19.0 Å². The molecule has 2 N–H and O–H groups in total. The Morgan fingerprint density at radius 1 is 0.814 bits per heavy atom. The van der Waals surface area contributed by atoms with Crippen molar-refractivity contribution in [1.29, 1.82) is 0 Å². The summed E-state index contributed by atoms with van der Waals surface area (Å²) in [7, 11) is 0. The number of rotatable bonds is 5. The number of nitrogens with zero attached hydrogens (tertiary/aromatic N) is 5. The molecule has 2 aliphatic carbocycles. The minimum Gasteiger partial charge on any atom is -0.374 e. The number of fused-ring (bicyclic) bond motifs is 3. The van der Waals surface area contributed by atoms with Gasteiger partial charge in [-0.05, 0) is 41.7 Å². The molecule has 3 aromatic carbocycles. The van der Waals surface area contributed by atoms with E-state index < -0.39 is 17.3 Å². The first-order valence-corrected chi connectivity index (χ1v) is 14.5. The van der Waals surface area contributed by atoms with Gasteiger partial charge < -0.3 is 10.4 Å². The van der Waals surface area contributed by atoms with E-state index in [-0.39, 0.29) is 12.0 Å². The molecule has 1 saturated carbocycles. The lowest BCUT2D eigenvalue weighted by atomic mass is 9.88. The fraction of sp³-hybridized carbons (Fsp3) is 0.273. The Hall–Kier alpha value is -4.57. The van der Waals surface area contributed by atoms with E-state index in [0.717, 1.165) is 60.1 Å². The maximum atomic E-state index is 13.2. The fourth-order valence-corrected chi connectivity index (χ4v) is 6.28. The Morgan fingerprint density at radius 2 is 1.44 bits per heavy atom. The zero-order valence-electron chi connectivity index (χ0n) is 23.2. The first kappa shape index (κ1) is 27.3. The maximum absolute atomic E-state index is 13.2. The predicted octanol–water partition coefficient (Wildman–Crippen LogP) is 7.14. The highest BCUT2D eigenvalue weighted by Crippen LogP contribution is 2.50. The molecule has 2 aliphatic rings. The van der Waals surface area contributed by atoms with E-state index in [1.54, 1.807) is 12.4 Å². The van der Waals surface area contributed by atoms with Crippen molar-refractivity contribution in [1.82, 2.24) is 25.0 Å². The van der Waals surface area contributed by atoms with Crippen LogP contribution in [-0.4, -0.2) is 36.1 Å². The number of nitrogens with one attached hydrogen (secondary N) is 1. The summed E-state index contributed by atoms with van der Waals surface area (Å²) < 4.78 is 41.1. The SMILES string of the molecule is OC1(c2cn(-c3ncc(-c4ccc(C(F)(F)F)cc4)c(NC4CCCCCC4)n3)nn2)c2ccccc2-c2ccccc21. The lowest BCUT2D eigenvalue weighted by Gasteiger charge is -2.23. The van der Waals surface area contributed by atoms with Crippen molar-refractivity contribution in [3.8, 4) is 28.2 Å². The smallest absolute Gasteiger partial charge is 0.374 e. The van der Waals surface area contributed by atoms with Crippen LogP contribution in [0, 0.1) is 0 Å². The normalized spacial score (nSPS) is 16.4. The van der Waals surface area contributed by atoms with Crippen molar-refractivity contribution in [2.45, 2.75) is 56.3 Å². The molecule has 7 rings (SSSR count). The highest BCUT2D eigenvalue weighted by atomic mass is 19.4. The van der Waals surface area contributed by atoms with Gasteiger partial charge in [0.05, 0.1) is 11.8 Å².